The summed E-state index contributed by atoms with van der Waals surface area (Å²) in [5.41, 5.74) is 6.02. The monoisotopic (exact) mass is 442 g/mol. The number of rotatable bonds is 11. The third kappa shape index (κ3) is 8.10. The Morgan fingerprint density at radius 1 is 1.03 bits per heavy atom. The van der Waals surface area contributed by atoms with E-state index < -0.39 is 48.1 Å². The Morgan fingerprint density at radius 3 is 2.10 bits per heavy atom. The third-order valence-corrected chi connectivity index (χ3v) is 5.27. The fourth-order valence-electron chi connectivity index (χ4n) is 3.74. The molecule has 10 heteroatoms. The smallest absolute Gasteiger partial charge is 0.328 e. The molecule has 1 aliphatic rings. The van der Waals surface area contributed by atoms with Crippen LogP contribution in [0, 0.1) is 11.8 Å². The predicted molar refractivity (Wildman–Crippen MR) is 115 cm³/mol. The maximum absolute atomic E-state index is 13.0. The quantitative estimate of drug-likeness (QED) is 0.297. The first-order chi connectivity index (χ1) is 14.3. The van der Waals surface area contributed by atoms with Crippen LogP contribution in [-0.4, -0.2) is 75.6 Å². The first kappa shape index (κ1) is 26.8. The lowest BCUT2D eigenvalue weighted by Gasteiger charge is -2.29. The number of carbonyl (C=O) groups excluding carboxylic acids is 3. The summed E-state index contributed by atoms with van der Waals surface area (Å²) in [6, 6.07) is -3.89. The van der Waals surface area contributed by atoms with Crippen molar-refractivity contribution in [2.24, 2.45) is 17.6 Å². The molecule has 1 fully saturated rings. The summed E-state index contributed by atoms with van der Waals surface area (Å²) in [4.78, 5) is 51.2. The number of nitrogens with one attached hydrogen (secondary N) is 2. The molecule has 0 aromatic carbocycles. The van der Waals surface area contributed by atoms with E-state index >= 15 is 0 Å². The van der Waals surface area contributed by atoms with Gasteiger partial charge in [-0.2, -0.15) is 0 Å². The minimum atomic E-state index is -1.49. The molecule has 1 saturated heterocycles. The van der Waals surface area contributed by atoms with Crippen molar-refractivity contribution in [3.05, 3.63) is 0 Å². The molecule has 0 aliphatic carbocycles. The maximum atomic E-state index is 13.0. The van der Waals surface area contributed by atoms with Gasteiger partial charge in [0.05, 0.1) is 12.1 Å². The Hall–Kier alpha value is -2.20. The topological polar surface area (TPSA) is 162 Å². The Balaban J connectivity index is 2.91. The van der Waals surface area contributed by atoms with Crippen LogP contribution in [-0.2, 0) is 19.2 Å². The minimum Gasteiger partial charge on any atom is -0.480 e. The largest absolute Gasteiger partial charge is 0.480 e. The van der Waals surface area contributed by atoms with Crippen molar-refractivity contribution in [3.8, 4) is 0 Å². The van der Waals surface area contributed by atoms with E-state index in [0.29, 0.717) is 25.8 Å². The molecule has 5 atom stereocenters. The van der Waals surface area contributed by atoms with Crippen molar-refractivity contribution >= 4 is 23.7 Å². The van der Waals surface area contributed by atoms with Crippen LogP contribution in [0.2, 0.25) is 0 Å². The van der Waals surface area contributed by atoms with Gasteiger partial charge < -0.3 is 31.5 Å². The average molecular weight is 443 g/mol. The lowest BCUT2D eigenvalue weighted by Crippen LogP contribution is -2.58. The number of carbonyl (C=O) groups is 4. The number of aliphatic carboxylic acids is 1. The molecule has 178 valence electrons. The van der Waals surface area contributed by atoms with E-state index in [1.165, 1.54) is 11.8 Å². The van der Waals surface area contributed by atoms with Crippen molar-refractivity contribution in [2.75, 3.05) is 6.54 Å². The number of aliphatic hydroxyl groups is 1. The fourth-order valence-corrected chi connectivity index (χ4v) is 3.74. The summed E-state index contributed by atoms with van der Waals surface area (Å²) in [6.45, 7) is 9.35. The van der Waals surface area contributed by atoms with Gasteiger partial charge in [-0.05, 0) is 44.4 Å². The zero-order chi connectivity index (χ0) is 23.9. The van der Waals surface area contributed by atoms with Crippen molar-refractivity contribution in [3.63, 3.8) is 0 Å². The van der Waals surface area contributed by atoms with Crippen molar-refractivity contribution in [2.45, 2.75) is 90.6 Å². The van der Waals surface area contributed by atoms with Crippen LogP contribution in [0.15, 0.2) is 0 Å². The van der Waals surface area contributed by atoms with Gasteiger partial charge in [-0.3, -0.25) is 14.4 Å². The van der Waals surface area contributed by atoms with Crippen LogP contribution < -0.4 is 16.4 Å². The molecule has 0 saturated carbocycles. The fraction of sp³-hybridized carbons (Fsp3) is 0.810. The normalized spacial score (nSPS) is 20.3. The minimum absolute atomic E-state index is 0.0339. The highest BCUT2D eigenvalue weighted by molar-refractivity contribution is 5.94. The predicted octanol–water partition coefficient (Wildman–Crippen LogP) is -0.168. The maximum Gasteiger partial charge on any atom is 0.328 e. The van der Waals surface area contributed by atoms with Crippen molar-refractivity contribution in [1.29, 1.82) is 0 Å². The van der Waals surface area contributed by atoms with Gasteiger partial charge in [-0.15, -0.1) is 0 Å². The molecule has 5 unspecified atom stereocenters. The number of hydrogen-bond acceptors (Lipinski definition) is 6. The number of nitrogens with two attached hydrogens (primary N) is 1. The Labute approximate surface area is 183 Å². The van der Waals surface area contributed by atoms with Gasteiger partial charge in [0, 0.05) is 6.54 Å². The Kier molecular flexibility index (Phi) is 10.4. The molecule has 0 aromatic heterocycles. The summed E-state index contributed by atoms with van der Waals surface area (Å²) in [5, 5.41) is 23.8. The molecule has 31 heavy (non-hydrogen) atoms. The number of aliphatic hydroxyl groups excluding tert-OH is 1. The highest BCUT2D eigenvalue weighted by Crippen LogP contribution is 2.20. The molecular weight excluding hydrogens is 404 g/mol. The van der Waals surface area contributed by atoms with Gasteiger partial charge in [0.1, 0.15) is 12.1 Å². The van der Waals surface area contributed by atoms with E-state index in [0.717, 1.165) is 0 Å². The molecule has 0 bridgehead atoms. The number of carboxylic acid groups (broad SMARTS) is 1. The van der Waals surface area contributed by atoms with Gasteiger partial charge in [0.15, 0.2) is 6.04 Å². The van der Waals surface area contributed by atoms with E-state index in [2.05, 4.69) is 10.6 Å². The highest BCUT2D eigenvalue weighted by atomic mass is 16.4. The summed E-state index contributed by atoms with van der Waals surface area (Å²) >= 11 is 0. The first-order valence-electron chi connectivity index (χ1n) is 10.9. The van der Waals surface area contributed by atoms with Crippen molar-refractivity contribution in [1.82, 2.24) is 15.5 Å². The second-order valence-corrected chi connectivity index (χ2v) is 9.18. The second kappa shape index (κ2) is 12.0. The Morgan fingerprint density at radius 2 is 1.61 bits per heavy atom. The molecule has 1 heterocycles. The second-order valence-electron chi connectivity index (χ2n) is 9.18. The Bertz CT molecular complexity index is 652. The summed E-state index contributed by atoms with van der Waals surface area (Å²) in [5.74, 6) is -2.54. The first-order valence-corrected chi connectivity index (χ1v) is 10.9. The van der Waals surface area contributed by atoms with Gasteiger partial charge in [-0.1, -0.05) is 27.7 Å². The van der Waals surface area contributed by atoms with E-state index in [1.807, 2.05) is 27.7 Å². The van der Waals surface area contributed by atoms with Crippen LogP contribution in [0.3, 0.4) is 0 Å². The van der Waals surface area contributed by atoms with Gasteiger partial charge in [0.2, 0.25) is 17.7 Å². The number of carboxylic acids is 1. The van der Waals surface area contributed by atoms with E-state index in [4.69, 9.17) is 5.73 Å². The molecule has 0 aromatic rings. The molecule has 6 N–H and O–H groups in total. The van der Waals surface area contributed by atoms with Gasteiger partial charge in [0.25, 0.3) is 0 Å². The molecule has 0 spiro atoms. The SMILES string of the molecule is CC(C)CC(N)C(=O)N1CCCC1C(=O)NC(CC(C)C)C(=O)NC(C(=O)O)C(C)O. The molecule has 3 amide bonds. The van der Waals surface area contributed by atoms with E-state index in [-0.39, 0.29) is 24.2 Å². The zero-order valence-electron chi connectivity index (χ0n) is 19.1. The molecule has 10 nitrogen and oxygen atoms in total. The standard InChI is InChI=1S/C21H38N4O6/c1-11(2)9-14(22)20(29)25-8-6-7-16(25)19(28)23-15(10-12(3)4)18(27)24-17(13(5)26)21(30)31/h11-17,26H,6-10,22H2,1-5H3,(H,23,28)(H,24,27)(H,30,31). The van der Waals surface area contributed by atoms with Gasteiger partial charge >= 0.3 is 5.97 Å². The number of amides is 3. The van der Waals surface area contributed by atoms with E-state index in [1.54, 1.807) is 0 Å². The van der Waals surface area contributed by atoms with Crippen LogP contribution in [0.25, 0.3) is 0 Å². The van der Waals surface area contributed by atoms with Crippen LogP contribution in [0.1, 0.15) is 60.3 Å². The zero-order valence-corrected chi connectivity index (χ0v) is 19.1. The lowest BCUT2D eigenvalue weighted by atomic mass is 10.0. The highest BCUT2D eigenvalue weighted by Gasteiger charge is 2.38. The molecule has 0 radical (unpaired) electrons. The van der Waals surface area contributed by atoms with E-state index in [9.17, 15) is 29.4 Å². The number of nitrogens with zero attached hydrogens (tertiary/aromatic N) is 1. The molecule has 1 aliphatic heterocycles. The van der Waals surface area contributed by atoms with Gasteiger partial charge in [-0.25, -0.2) is 4.79 Å². The summed E-state index contributed by atoms with van der Waals surface area (Å²) < 4.78 is 0. The van der Waals surface area contributed by atoms with Crippen LogP contribution >= 0.6 is 0 Å². The summed E-state index contributed by atoms with van der Waals surface area (Å²) in [7, 11) is 0. The van der Waals surface area contributed by atoms with Crippen LogP contribution in [0.4, 0.5) is 0 Å². The summed E-state index contributed by atoms with van der Waals surface area (Å²) in [6.07, 6.45) is 0.604. The lowest BCUT2D eigenvalue weighted by molar-refractivity contribution is -0.145. The molecule has 1 rings (SSSR count). The third-order valence-electron chi connectivity index (χ3n) is 5.27. The average Bonchev–Trinajstić information content (AvgIpc) is 3.12. The van der Waals surface area contributed by atoms with Crippen molar-refractivity contribution < 1.29 is 29.4 Å². The molecular formula is C21H38N4O6. The van der Waals surface area contributed by atoms with Crippen LogP contribution in [0.5, 0.6) is 0 Å². The number of likely N-dealkylation sites (tertiary alicyclic amines) is 1. The number of hydrogen-bond donors (Lipinski definition) is 5.